The molecule has 106 valence electrons. The van der Waals surface area contributed by atoms with Crippen molar-refractivity contribution in [1.29, 1.82) is 0 Å². The topological polar surface area (TPSA) is 46.3 Å². The second-order valence-corrected chi connectivity index (χ2v) is 5.82. The predicted molar refractivity (Wildman–Crippen MR) is 85.9 cm³/mol. The summed E-state index contributed by atoms with van der Waals surface area (Å²) in [6.07, 6.45) is 0. The van der Waals surface area contributed by atoms with Gasteiger partial charge in [0.15, 0.2) is 5.58 Å². The average molecular weight is 345 g/mol. The first-order valence-electron chi connectivity index (χ1n) is 6.43. The molecule has 0 aliphatic rings. The zero-order valence-corrected chi connectivity index (χ0v) is 13.2. The quantitative estimate of drug-likeness (QED) is 0.676. The summed E-state index contributed by atoms with van der Waals surface area (Å²) in [6, 6.07) is 12.8. The fraction of sp³-hybridized carbons (Fsp3) is 0.125. The van der Waals surface area contributed by atoms with Crippen molar-refractivity contribution in [3.8, 4) is 0 Å². The van der Waals surface area contributed by atoms with Crippen molar-refractivity contribution in [2.24, 2.45) is 0 Å². The maximum absolute atomic E-state index is 12.4. The van der Waals surface area contributed by atoms with Gasteiger partial charge >= 0.3 is 0 Å². The van der Waals surface area contributed by atoms with Gasteiger partial charge in [-0.15, -0.1) is 0 Å². The summed E-state index contributed by atoms with van der Waals surface area (Å²) in [5.41, 5.74) is 2.84. The van der Waals surface area contributed by atoms with Gasteiger partial charge in [-0.05, 0) is 24.3 Å². The third-order valence-electron chi connectivity index (χ3n) is 3.17. The first-order valence-corrected chi connectivity index (χ1v) is 7.22. The number of halogens is 1. The van der Waals surface area contributed by atoms with E-state index in [1.807, 2.05) is 49.3 Å². The van der Waals surface area contributed by atoms with E-state index in [2.05, 4.69) is 20.9 Å². The van der Waals surface area contributed by atoms with E-state index in [9.17, 15) is 4.79 Å². The van der Waals surface area contributed by atoms with E-state index in [0.29, 0.717) is 16.7 Å². The molecule has 3 rings (SSSR count). The number of ketones is 1. The van der Waals surface area contributed by atoms with Gasteiger partial charge in [0, 0.05) is 35.9 Å². The molecule has 0 unspecified atom stereocenters. The Hall–Kier alpha value is -2.14. The zero-order valence-electron chi connectivity index (χ0n) is 11.6. The second-order valence-electron chi connectivity index (χ2n) is 4.90. The number of oxazole rings is 1. The molecular formula is C16H13BrN2O2. The number of carbonyl (C=O) groups is 1. The summed E-state index contributed by atoms with van der Waals surface area (Å²) in [5, 5.41) is 0. The SMILES string of the molecule is CN(C)c1ccc2nc(C(=O)c3cccc(Br)c3)oc2c1. The maximum Gasteiger partial charge on any atom is 0.269 e. The summed E-state index contributed by atoms with van der Waals surface area (Å²) in [5.74, 6) is -0.113. The summed E-state index contributed by atoms with van der Waals surface area (Å²) in [6.45, 7) is 0. The summed E-state index contributed by atoms with van der Waals surface area (Å²) in [7, 11) is 3.90. The van der Waals surface area contributed by atoms with E-state index >= 15 is 0 Å². The van der Waals surface area contributed by atoms with Crippen molar-refractivity contribution in [3.05, 3.63) is 58.4 Å². The van der Waals surface area contributed by atoms with Gasteiger partial charge in [0.1, 0.15) is 5.52 Å². The van der Waals surface area contributed by atoms with Gasteiger partial charge in [0.25, 0.3) is 5.89 Å². The van der Waals surface area contributed by atoms with Gasteiger partial charge in [0.05, 0.1) is 0 Å². The minimum Gasteiger partial charge on any atom is -0.433 e. The van der Waals surface area contributed by atoms with Crippen LogP contribution in [0.3, 0.4) is 0 Å². The minimum absolute atomic E-state index is 0.110. The summed E-state index contributed by atoms with van der Waals surface area (Å²) < 4.78 is 6.46. The van der Waals surface area contributed by atoms with E-state index < -0.39 is 0 Å². The number of aromatic nitrogens is 1. The highest BCUT2D eigenvalue weighted by atomic mass is 79.9. The fourth-order valence-corrected chi connectivity index (χ4v) is 2.44. The van der Waals surface area contributed by atoms with Crippen LogP contribution in [-0.4, -0.2) is 24.9 Å². The van der Waals surface area contributed by atoms with Crippen molar-refractivity contribution >= 4 is 38.5 Å². The number of hydrogen-bond acceptors (Lipinski definition) is 4. The Labute approximate surface area is 130 Å². The molecule has 0 fully saturated rings. The Morgan fingerprint density at radius 2 is 2.00 bits per heavy atom. The third kappa shape index (κ3) is 2.69. The molecule has 0 aliphatic heterocycles. The molecule has 0 atom stereocenters. The van der Waals surface area contributed by atoms with Gasteiger partial charge in [-0.25, -0.2) is 4.98 Å². The van der Waals surface area contributed by atoms with E-state index in [0.717, 1.165) is 10.2 Å². The number of benzene rings is 2. The molecule has 1 aromatic heterocycles. The molecule has 4 nitrogen and oxygen atoms in total. The molecule has 0 bridgehead atoms. The lowest BCUT2D eigenvalue weighted by Crippen LogP contribution is -2.07. The van der Waals surface area contributed by atoms with Crippen molar-refractivity contribution in [2.75, 3.05) is 19.0 Å². The van der Waals surface area contributed by atoms with Gasteiger partial charge < -0.3 is 9.32 Å². The van der Waals surface area contributed by atoms with Crippen molar-refractivity contribution in [2.45, 2.75) is 0 Å². The number of nitrogens with zero attached hydrogens (tertiary/aromatic N) is 2. The Morgan fingerprint density at radius 3 is 2.71 bits per heavy atom. The molecule has 0 N–H and O–H groups in total. The van der Waals surface area contributed by atoms with Gasteiger partial charge in [0.2, 0.25) is 5.78 Å². The molecule has 21 heavy (non-hydrogen) atoms. The Bertz CT molecular complexity index is 824. The second kappa shape index (κ2) is 5.33. The standard InChI is InChI=1S/C16H13BrN2O2/c1-19(2)12-6-7-13-14(9-12)21-16(18-13)15(20)10-4-3-5-11(17)8-10/h3-9H,1-2H3. The van der Waals surface area contributed by atoms with Crippen molar-refractivity contribution < 1.29 is 9.21 Å². The van der Waals surface area contributed by atoms with Crippen LogP contribution in [0, 0.1) is 0 Å². The normalized spacial score (nSPS) is 10.8. The highest BCUT2D eigenvalue weighted by Gasteiger charge is 2.17. The Balaban J connectivity index is 2.03. The van der Waals surface area contributed by atoms with Gasteiger partial charge in [-0.1, -0.05) is 28.1 Å². The van der Waals surface area contributed by atoms with Crippen LogP contribution < -0.4 is 4.90 Å². The number of anilines is 1. The van der Waals surface area contributed by atoms with E-state index in [4.69, 9.17) is 4.42 Å². The fourth-order valence-electron chi connectivity index (χ4n) is 2.04. The van der Waals surface area contributed by atoms with E-state index in [1.165, 1.54) is 0 Å². The number of hydrogen-bond donors (Lipinski definition) is 0. The van der Waals surface area contributed by atoms with Crippen LogP contribution in [0.2, 0.25) is 0 Å². The minimum atomic E-state index is -0.223. The highest BCUT2D eigenvalue weighted by molar-refractivity contribution is 9.10. The van der Waals surface area contributed by atoms with Crippen molar-refractivity contribution in [1.82, 2.24) is 4.98 Å². The molecule has 3 aromatic rings. The Kier molecular flexibility index (Phi) is 3.51. The highest BCUT2D eigenvalue weighted by Crippen LogP contribution is 2.23. The third-order valence-corrected chi connectivity index (χ3v) is 3.66. The Morgan fingerprint density at radius 1 is 1.19 bits per heavy atom. The number of rotatable bonds is 3. The molecule has 0 saturated heterocycles. The lowest BCUT2D eigenvalue weighted by molar-refractivity contribution is 0.100. The molecular weight excluding hydrogens is 332 g/mol. The van der Waals surface area contributed by atoms with Gasteiger partial charge in [-0.2, -0.15) is 0 Å². The summed E-state index contributed by atoms with van der Waals surface area (Å²) >= 11 is 3.35. The molecule has 1 heterocycles. The number of carbonyl (C=O) groups excluding carboxylic acids is 1. The molecule has 0 spiro atoms. The van der Waals surface area contributed by atoms with Crippen LogP contribution in [0.25, 0.3) is 11.1 Å². The lowest BCUT2D eigenvalue weighted by Gasteiger charge is -2.10. The molecule has 0 saturated carbocycles. The largest absolute Gasteiger partial charge is 0.433 e. The van der Waals surface area contributed by atoms with Crippen LogP contribution >= 0.6 is 15.9 Å². The predicted octanol–water partition coefficient (Wildman–Crippen LogP) is 3.89. The van der Waals surface area contributed by atoms with E-state index in [1.54, 1.807) is 12.1 Å². The van der Waals surface area contributed by atoms with Crippen LogP contribution in [0.1, 0.15) is 16.2 Å². The zero-order chi connectivity index (χ0) is 15.0. The number of fused-ring (bicyclic) bond motifs is 1. The van der Waals surface area contributed by atoms with E-state index in [-0.39, 0.29) is 11.7 Å². The maximum atomic E-state index is 12.4. The smallest absolute Gasteiger partial charge is 0.269 e. The molecule has 0 aliphatic carbocycles. The van der Waals surface area contributed by atoms with Crippen LogP contribution in [-0.2, 0) is 0 Å². The van der Waals surface area contributed by atoms with Crippen molar-refractivity contribution in [3.63, 3.8) is 0 Å². The summed E-state index contributed by atoms with van der Waals surface area (Å²) in [4.78, 5) is 18.6. The van der Waals surface area contributed by atoms with Crippen LogP contribution in [0.15, 0.2) is 51.4 Å². The average Bonchev–Trinajstić information content (AvgIpc) is 2.89. The first-order chi connectivity index (χ1) is 10.0. The molecule has 2 aromatic carbocycles. The van der Waals surface area contributed by atoms with Gasteiger partial charge in [-0.3, -0.25) is 4.79 Å². The molecule has 0 radical (unpaired) electrons. The first kappa shape index (κ1) is 13.8. The van der Waals surface area contributed by atoms with Crippen LogP contribution in [0.4, 0.5) is 5.69 Å². The van der Waals surface area contributed by atoms with Crippen LogP contribution in [0.5, 0.6) is 0 Å². The lowest BCUT2D eigenvalue weighted by atomic mass is 10.1. The molecule has 0 amide bonds. The molecule has 5 heteroatoms. The monoisotopic (exact) mass is 344 g/mol.